The van der Waals surface area contributed by atoms with Crippen molar-refractivity contribution in [1.29, 1.82) is 0 Å². The molecule has 1 aliphatic rings. The molecule has 0 spiro atoms. The minimum Gasteiger partial charge on any atom is -0.478 e. The summed E-state index contributed by atoms with van der Waals surface area (Å²) in [5.41, 5.74) is 2.08. The van der Waals surface area contributed by atoms with E-state index in [9.17, 15) is 4.79 Å². The van der Waals surface area contributed by atoms with E-state index in [0.717, 1.165) is 30.1 Å². The van der Waals surface area contributed by atoms with Gasteiger partial charge in [-0.2, -0.15) is 11.8 Å². The zero-order chi connectivity index (χ0) is 13.9. The smallest absolute Gasteiger partial charge is 0.328 e. The van der Waals surface area contributed by atoms with Crippen molar-refractivity contribution in [3.8, 4) is 0 Å². The fraction of sp³-hybridized carbons (Fsp3) is 0.400. The normalized spacial score (nSPS) is 18.7. The molecule has 0 saturated carbocycles. The summed E-state index contributed by atoms with van der Waals surface area (Å²) < 4.78 is 0.238. The monoisotopic (exact) mass is 277 g/mol. The van der Waals surface area contributed by atoms with Crippen LogP contribution >= 0.6 is 11.8 Å². The van der Waals surface area contributed by atoms with Crippen LogP contribution in [0.15, 0.2) is 30.3 Å². The van der Waals surface area contributed by atoms with E-state index in [-0.39, 0.29) is 4.75 Å². The summed E-state index contributed by atoms with van der Waals surface area (Å²) in [5.74, 6) is 0.189. The van der Waals surface area contributed by atoms with Gasteiger partial charge in [0.1, 0.15) is 0 Å². The van der Waals surface area contributed by atoms with E-state index in [1.54, 1.807) is 6.08 Å². The first-order valence-electron chi connectivity index (χ1n) is 6.37. The van der Waals surface area contributed by atoms with E-state index in [4.69, 9.17) is 5.11 Å². The Balaban J connectivity index is 2.26. The molecular formula is C15H19NO2S. The number of nitrogens with zero attached hydrogens (tertiary/aromatic N) is 1. The second kappa shape index (κ2) is 5.70. The van der Waals surface area contributed by atoms with Crippen LogP contribution < -0.4 is 4.90 Å². The average molecular weight is 277 g/mol. The Morgan fingerprint density at radius 2 is 2.16 bits per heavy atom. The lowest BCUT2D eigenvalue weighted by Gasteiger charge is -2.39. The number of carboxylic acids is 1. The van der Waals surface area contributed by atoms with Crippen LogP contribution in [0.4, 0.5) is 5.69 Å². The number of rotatable bonds is 3. The third kappa shape index (κ3) is 3.77. The highest BCUT2D eigenvalue weighted by molar-refractivity contribution is 8.00. The number of thioether (sulfide) groups is 1. The van der Waals surface area contributed by atoms with Crippen molar-refractivity contribution in [1.82, 2.24) is 0 Å². The summed E-state index contributed by atoms with van der Waals surface area (Å²) in [7, 11) is 0. The Morgan fingerprint density at radius 1 is 1.42 bits per heavy atom. The predicted octanol–water partition coefficient (Wildman–Crippen LogP) is 3.12. The quantitative estimate of drug-likeness (QED) is 0.862. The highest BCUT2D eigenvalue weighted by Gasteiger charge is 2.27. The van der Waals surface area contributed by atoms with Gasteiger partial charge in [0.15, 0.2) is 0 Å². The van der Waals surface area contributed by atoms with Crippen molar-refractivity contribution in [3.63, 3.8) is 0 Å². The molecule has 2 rings (SSSR count). The first kappa shape index (κ1) is 14.0. The lowest BCUT2D eigenvalue weighted by atomic mass is 10.1. The molecule has 3 nitrogen and oxygen atoms in total. The van der Waals surface area contributed by atoms with Gasteiger partial charge in [-0.15, -0.1) is 0 Å². The van der Waals surface area contributed by atoms with Crippen molar-refractivity contribution in [2.45, 2.75) is 18.6 Å². The maximum absolute atomic E-state index is 10.7. The molecule has 1 heterocycles. The fourth-order valence-electron chi connectivity index (χ4n) is 2.30. The standard InChI is InChI=1S/C15H19NO2S/c1-15(2)11-16(9-10-19-15)13-6-4-3-5-12(13)7-8-14(17)18/h3-8H,9-11H2,1-2H3,(H,17,18)/b8-7+. The number of anilines is 1. The van der Waals surface area contributed by atoms with Gasteiger partial charge in [0, 0.05) is 35.4 Å². The number of aliphatic carboxylic acids is 1. The van der Waals surface area contributed by atoms with E-state index in [2.05, 4.69) is 24.8 Å². The summed E-state index contributed by atoms with van der Waals surface area (Å²) in [5, 5.41) is 8.76. The van der Waals surface area contributed by atoms with Crippen molar-refractivity contribution < 1.29 is 9.90 Å². The van der Waals surface area contributed by atoms with Gasteiger partial charge in [0.05, 0.1) is 0 Å². The Labute approximate surface area is 118 Å². The molecule has 0 amide bonds. The number of carbonyl (C=O) groups is 1. The molecule has 0 aliphatic carbocycles. The van der Waals surface area contributed by atoms with Gasteiger partial charge in [-0.3, -0.25) is 0 Å². The third-order valence-corrected chi connectivity index (χ3v) is 4.41. The largest absolute Gasteiger partial charge is 0.478 e. The molecule has 0 aromatic heterocycles. The van der Waals surface area contributed by atoms with Crippen molar-refractivity contribution in [2.75, 3.05) is 23.7 Å². The predicted molar refractivity (Wildman–Crippen MR) is 81.9 cm³/mol. The van der Waals surface area contributed by atoms with E-state index >= 15 is 0 Å². The first-order valence-corrected chi connectivity index (χ1v) is 7.35. The van der Waals surface area contributed by atoms with E-state index in [1.165, 1.54) is 6.08 Å². The van der Waals surface area contributed by atoms with Crippen LogP contribution in [0.1, 0.15) is 19.4 Å². The van der Waals surface area contributed by atoms with Crippen LogP contribution in [0, 0.1) is 0 Å². The first-order chi connectivity index (χ1) is 8.98. The highest BCUT2D eigenvalue weighted by atomic mass is 32.2. The van der Waals surface area contributed by atoms with E-state index in [0.29, 0.717) is 0 Å². The van der Waals surface area contributed by atoms with Crippen molar-refractivity contribution in [3.05, 3.63) is 35.9 Å². The maximum Gasteiger partial charge on any atom is 0.328 e. The lowest BCUT2D eigenvalue weighted by Crippen LogP contribution is -2.43. The van der Waals surface area contributed by atoms with Crippen molar-refractivity contribution in [2.24, 2.45) is 0 Å². The molecule has 1 fully saturated rings. The van der Waals surface area contributed by atoms with Gasteiger partial charge in [-0.25, -0.2) is 4.79 Å². The van der Waals surface area contributed by atoms with E-state index < -0.39 is 5.97 Å². The number of para-hydroxylation sites is 1. The highest BCUT2D eigenvalue weighted by Crippen LogP contribution is 2.33. The lowest BCUT2D eigenvalue weighted by molar-refractivity contribution is -0.131. The Morgan fingerprint density at radius 3 is 2.84 bits per heavy atom. The zero-order valence-electron chi connectivity index (χ0n) is 11.3. The minimum atomic E-state index is -0.913. The molecule has 1 aromatic rings. The molecule has 1 aliphatic heterocycles. The average Bonchev–Trinajstić information content (AvgIpc) is 2.35. The van der Waals surface area contributed by atoms with Gasteiger partial charge in [0.25, 0.3) is 0 Å². The van der Waals surface area contributed by atoms with Gasteiger partial charge in [-0.1, -0.05) is 18.2 Å². The van der Waals surface area contributed by atoms with Crippen LogP contribution in [-0.4, -0.2) is 34.7 Å². The molecule has 1 N–H and O–H groups in total. The van der Waals surface area contributed by atoms with Gasteiger partial charge in [0.2, 0.25) is 0 Å². The maximum atomic E-state index is 10.7. The number of hydrogen-bond acceptors (Lipinski definition) is 3. The molecule has 0 atom stereocenters. The number of hydrogen-bond donors (Lipinski definition) is 1. The second-order valence-electron chi connectivity index (χ2n) is 5.26. The van der Waals surface area contributed by atoms with Crippen LogP contribution in [-0.2, 0) is 4.79 Å². The SMILES string of the molecule is CC1(C)CN(c2ccccc2/C=C/C(=O)O)CCS1. The second-order valence-corrected chi connectivity index (χ2v) is 7.06. The molecule has 102 valence electrons. The Hall–Kier alpha value is -1.42. The van der Waals surface area contributed by atoms with Gasteiger partial charge >= 0.3 is 5.97 Å². The third-order valence-electron chi connectivity index (χ3n) is 3.11. The zero-order valence-corrected chi connectivity index (χ0v) is 12.1. The summed E-state index contributed by atoms with van der Waals surface area (Å²) >= 11 is 1.99. The fourth-order valence-corrected chi connectivity index (χ4v) is 3.41. The molecule has 4 heteroatoms. The molecule has 0 radical (unpaired) electrons. The van der Waals surface area contributed by atoms with Crippen LogP contribution in [0.2, 0.25) is 0 Å². The summed E-state index contributed by atoms with van der Waals surface area (Å²) in [6.07, 6.45) is 2.87. The molecular weight excluding hydrogens is 258 g/mol. The van der Waals surface area contributed by atoms with E-state index in [1.807, 2.05) is 30.0 Å². The molecule has 0 bridgehead atoms. The molecule has 1 saturated heterocycles. The van der Waals surface area contributed by atoms with Crippen molar-refractivity contribution >= 4 is 29.5 Å². The molecule has 0 unspecified atom stereocenters. The molecule has 19 heavy (non-hydrogen) atoms. The summed E-state index contributed by atoms with van der Waals surface area (Å²) in [6.45, 7) is 6.49. The van der Waals surface area contributed by atoms with Crippen LogP contribution in [0.25, 0.3) is 6.08 Å². The van der Waals surface area contributed by atoms with Gasteiger partial charge < -0.3 is 10.0 Å². The number of carboxylic acid groups (broad SMARTS) is 1. The Bertz CT molecular complexity index is 497. The summed E-state index contributed by atoms with van der Waals surface area (Å²) in [4.78, 5) is 13.0. The topological polar surface area (TPSA) is 40.5 Å². The van der Waals surface area contributed by atoms with Gasteiger partial charge in [-0.05, 0) is 31.6 Å². The van der Waals surface area contributed by atoms with Crippen LogP contribution in [0.3, 0.4) is 0 Å². The van der Waals surface area contributed by atoms with Crippen LogP contribution in [0.5, 0.6) is 0 Å². The minimum absolute atomic E-state index is 0.238. The molecule has 1 aromatic carbocycles. The summed E-state index contributed by atoms with van der Waals surface area (Å²) in [6, 6.07) is 7.97. The number of benzene rings is 1. The Kier molecular flexibility index (Phi) is 4.20.